The fourth-order valence-corrected chi connectivity index (χ4v) is 0.362. The number of aliphatic imine (C=N–C) groups is 1. The lowest BCUT2D eigenvalue weighted by Gasteiger charge is -1.81. The minimum atomic E-state index is 0. The molecule has 11 heavy (non-hydrogen) atoms. The van der Waals surface area contributed by atoms with Crippen LogP contribution in [0.25, 0.3) is 0 Å². The summed E-state index contributed by atoms with van der Waals surface area (Å²) in [6, 6.07) is 0. The van der Waals surface area contributed by atoms with Gasteiger partial charge in [-0.15, -0.1) is 24.8 Å². The monoisotopic (exact) mass is 205 g/mol. The van der Waals surface area contributed by atoms with Crippen LogP contribution in [0.3, 0.4) is 0 Å². The summed E-state index contributed by atoms with van der Waals surface area (Å²) in [5.41, 5.74) is 0. The van der Waals surface area contributed by atoms with Crippen LogP contribution < -0.4 is 0 Å². The van der Waals surface area contributed by atoms with E-state index in [1.165, 1.54) is 12.4 Å². The lowest BCUT2D eigenvalue weighted by Crippen LogP contribution is -2.04. The summed E-state index contributed by atoms with van der Waals surface area (Å²) in [4.78, 5) is 13.9. The van der Waals surface area contributed by atoms with E-state index in [4.69, 9.17) is 0 Å². The molecule has 1 aliphatic rings. The van der Waals surface area contributed by atoms with Crippen LogP contribution >= 0.6 is 24.8 Å². The third-order valence-electron chi connectivity index (χ3n) is 0.686. The van der Waals surface area contributed by atoms with Gasteiger partial charge < -0.3 is 11.0 Å². The van der Waals surface area contributed by atoms with E-state index < -0.39 is 0 Å². The molecule has 0 saturated carbocycles. The summed E-state index contributed by atoms with van der Waals surface area (Å²) in [6.07, 6.45) is 4.42. The van der Waals surface area contributed by atoms with Crippen LogP contribution in [-0.2, 0) is 0 Å². The molecule has 68 valence electrons. The van der Waals surface area contributed by atoms with Crippen molar-refractivity contribution in [1.82, 2.24) is 0 Å². The van der Waals surface area contributed by atoms with Gasteiger partial charge in [0.05, 0.1) is 12.4 Å². The van der Waals surface area contributed by atoms with Crippen molar-refractivity contribution in [2.75, 3.05) is 6.54 Å². The highest BCUT2D eigenvalue weighted by atomic mass is 35.5. The fourth-order valence-electron chi connectivity index (χ4n) is 0.362. The lowest BCUT2D eigenvalue weighted by molar-refractivity contribution is -0.462. The Morgan fingerprint density at radius 1 is 1.27 bits per heavy atom. The number of rotatable bonds is 0. The Kier molecular flexibility index (Phi) is 24.9. The molecule has 0 bridgehead atoms. The molecule has 0 saturated heterocycles. The van der Waals surface area contributed by atoms with E-state index in [-0.39, 0.29) is 35.8 Å². The quantitative estimate of drug-likeness (QED) is 0.491. The third kappa shape index (κ3) is 9.51. The van der Waals surface area contributed by atoms with Crippen molar-refractivity contribution >= 4 is 31.0 Å². The van der Waals surface area contributed by atoms with Crippen LogP contribution in [0.15, 0.2) is 17.4 Å². The highest BCUT2D eigenvalue weighted by molar-refractivity contribution is 5.85. The fraction of sp³-hybridized carbons (Fsp3) is 0.250. The van der Waals surface area contributed by atoms with Crippen LogP contribution in [0.4, 0.5) is 0 Å². The van der Waals surface area contributed by atoms with E-state index in [1.807, 2.05) is 0 Å². The number of halogens is 2. The Morgan fingerprint density at radius 2 is 1.82 bits per heavy atom. The number of hydrogen-bond acceptors (Lipinski definition) is 2. The minimum Gasteiger partial charge on any atom is -0.412 e. The van der Waals surface area contributed by atoms with Gasteiger partial charge in [-0.1, -0.05) is 0 Å². The average molecular weight is 206 g/mol. The molecule has 0 unspecified atom stereocenters. The molecule has 1 aliphatic heterocycles. The number of nitroso groups, excluding NO2 is 1. The molecule has 0 amide bonds. The molecular weight excluding hydrogens is 195 g/mol. The van der Waals surface area contributed by atoms with Crippen molar-refractivity contribution in [1.29, 1.82) is 0 Å². The van der Waals surface area contributed by atoms with Crippen molar-refractivity contribution in [2.45, 2.75) is 0 Å². The van der Waals surface area contributed by atoms with E-state index in [0.717, 1.165) is 4.76 Å². The SMILES string of the molecule is Cl.Cl.O.O.O=[N+]1C=CN=CC1. The maximum absolute atomic E-state index is 10.2. The summed E-state index contributed by atoms with van der Waals surface area (Å²) < 4.78 is 0.812. The second kappa shape index (κ2) is 12.2. The largest absolute Gasteiger partial charge is 0.412 e. The highest BCUT2D eigenvalue weighted by Crippen LogP contribution is 1.82. The molecular formula is C4H11Cl2N2O3+. The molecule has 7 heteroatoms. The standard InChI is InChI=1S/C4H5N2O.2ClH.2H2O/c7-6-3-1-5-2-4-6;;;;/h1-3H,4H2;2*1H;2*1H2/q+1;;;;. The van der Waals surface area contributed by atoms with Gasteiger partial charge in [0.1, 0.15) is 0 Å². The summed E-state index contributed by atoms with van der Waals surface area (Å²) >= 11 is 0. The normalized spacial score (nSPS) is 11.5. The van der Waals surface area contributed by atoms with Crippen molar-refractivity contribution in [2.24, 2.45) is 4.99 Å². The third-order valence-corrected chi connectivity index (χ3v) is 0.686. The zero-order valence-electron chi connectivity index (χ0n) is 5.56. The minimum absolute atomic E-state index is 0. The van der Waals surface area contributed by atoms with E-state index in [1.54, 1.807) is 6.21 Å². The van der Waals surface area contributed by atoms with Crippen LogP contribution in [-0.4, -0.2) is 28.5 Å². The molecule has 0 aromatic rings. The summed E-state index contributed by atoms with van der Waals surface area (Å²) in [6.45, 7) is 0.385. The van der Waals surface area contributed by atoms with Crippen LogP contribution in [0.1, 0.15) is 0 Å². The molecule has 5 nitrogen and oxygen atoms in total. The van der Waals surface area contributed by atoms with Crippen LogP contribution in [0, 0.1) is 4.91 Å². The Hall–Kier alpha value is -0.490. The van der Waals surface area contributed by atoms with Crippen molar-refractivity contribution in [3.8, 4) is 0 Å². The van der Waals surface area contributed by atoms with E-state index in [9.17, 15) is 4.91 Å². The van der Waals surface area contributed by atoms with Gasteiger partial charge in [0, 0.05) is 9.67 Å². The number of nitrogens with zero attached hydrogens (tertiary/aromatic N) is 2. The van der Waals surface area contributed by atoms with Gasteiger partial charge >= 0.3 is 0 Å². The van der Waals surface area contributed by atoms with Gasteiger partial charge in [-0.25, -0.2) is 0 Å². The Morgan fingerprint density at radius 3 is 2.00 bits per heavy atom. The molecule has 0 aromatic heterocycles. The van der Waals surface area contributed by atoms with E-state index in [2.05, 4.69) is 4.99 Å². The zero-order chi connectivity index (χ0) is 5.11. The van der Waals surface area contributed by atoms with Gasteiger partial charge in [0.25, 0.3) is 0 Å². The van der Waals surface area contributed by atoms with Crippen LogP contribution in [0.5, 0.6) is 0 Å². The molecule has 0 radical (unpaired) electrons. The molecule has 0 aromatic carbocycles. The molecule has 1 rings (SSSR count). The van der Waals surface area contributed by atoms with Crippen molar-refractivity contribution in [3.05, 3.63) is 17.3 Å². The van der Waals surface area contributed by atoms with E-state index in [0.29, 0.717) is 6.54 Å². The van der Waals surface area contributed by atoms with Gasteiger partial charge in [-0.3, -0.25) is 4.99 Å². The van der Waals surface area contributed by atoms with Crippen molar-refractivity contribution in [3.63, 3.8) is 0 Å². The first-order chi connectivity index (χ1) is 3.39. The smallest absolute Gasteiger partial charge is 0.239 e. The van der Waals surface area contributed by atoms with Gasteiger partial charge in [-0.2, -0.15) is 0 Å². The zero-order valence-corrected chi connectivity index (χ0v) is 7.19. The summed E-state index contributed by atoms with van der Waals surface area (Å²) in [5.74, 6) is 0. The lowest BCUT2D eigenvalue weighted by atomic mass is 10.6. The first kappa shape index (κ1) is 22.4. The first-order valence-electron chi connectivity index (χ1n) is 2.01. The first-order valence-corrected chi connectivity index (χ1v) is 2.01. The molecule has 0 aliphatic carbocycles. The maximum Gasteiger partial charge on any atom is 0.239 e. The second-order valence-electron chi connectivity index (χ2n) is 1.23. The summed E-state index contributed by atoms with van der Waals surface area (Å²) in [7, 11) is 0. The molecule has 4 N–H and O–H groups in total. The van der Waals surface area contributed by atoms with Crippen LogP contribution in [0.2, 0.25) is 0 Å². The maximum atomic E-state index is 10.2. The Labute approximate surface area is 76.2 Å². The average Bonchev–Trinajstić information content (AvgIpc) is 1.69. The molecule has 0 spiro atoms. The van der Waals surface area contributed by atoms with Gasteiger partial charge in [-0.05, 0) is 0 Å². The molecule has 0 atom stereocenters. The molecule has 1 heterocycles. The Balaban J connectivity index is -0.0000000612. The predicted octanol–water partition coefficient (Wildman–Crippen LogP) is -0.485. The van der Waals surface area contributed by atoms with Crippen molar-refractivity contribution < 1.29 is 15.7 Å². The van der Waals surface area contributed by atoms with Gasteiger partial charge in [0.15, 0.2) is 0 Å². The second-order valence-corrected chi connectivity index (χ2v) is 1.23. The topological polar surface area (TPSA) is 95.4 Å². The summed E-state index contributed by atoms with van der Waals surface area (Å²) in [5, 5.41) is 0. The van der Waals surface area contributed by atoms with E-state index >= 15 is 0 Å². The Bertz CT molecular complexity index is 148. The predicted molar refractivity (Wildman–Crippen MR) is 47.9 cm³/mol. The van der Waals surface area contributed by atoms with Gasteiger partial charge in [0.2, 0.25) is 12.7 Å². The molecule has 0 fully saturated rings. The highest BCUT2D eigenvalue weighted by Gasteiger charge is 2.00. The number of hydrogen-bond donors (Lipinski definition) is 0.